The Bertz CT molecular complexity index is 266. The summed E-state index contributed by atoms with van der Waals surface area (Å²) < 4.78 is 0. The van der Waals surface area contributed by atoms with Crippen molar-refractivity contribution in [2.75, 3.05) is 0 Å². The monoisotopic (exact) mass is 224 g/mol. The van der Waals surface area contributed by atoms with Gasteiger partial charge in [-0.2, -0.15) is 0 Å². The van der Waals surface area contributed by atoms with E-state index in [-0.39, 0.29) is 0 Å². The van der Waals surface area contributed by atoms with Gasteiger partial charge in [0.25, 0.3) is 0 Å². The highest BCUT2D eigenvalue weighted by atomic mass is 16.4. The molecular weight excluding hydrogens is 200 g/mol. The molecule has 92 valence electrons. The lowest BCUT2D eigenvalue weighted by molar-refractivity contribution is -0.151. The smallest absolute Gasteiger partial charge is 0.309 e. The normalized spacial score (nSPS) is 29.8. The molecule has 1 N–H and O–H groups in total. The summed E-state index contributed by atoms with van der Waals surface area (Å²) in [5.41, 5.74) is 0.751. The van der Waals surface area contributed by atoms with E-state index >= 15 is 0 Å². The van der Waals surface area contributed by atoms with Crippen LogP contribution < -0.4 is 0 Å². The van der Waals surface area contributed by atoms with Crippen LogP contribution in [0.1, 0.15) is 59.3 Å². The van der Waals surface area contributed by atoms with Gasteiger partial charge in [-0.1, -0.05) is 25.0 Å². The predicted molar refractivity (Wildman–Crippen MR) is 66.4 cm³/mol. The Morgan fingerprint density at radius 2 is 1.94 bits per heavy atom. The van der Waals surface area contributed by atoms with Crippen LogP contribution >= 0.6 is 0 Å². The Morgan fingerprint density at radius 3 is 2.31 bits per heavy atom. The molecule has 1 saturated carbocycles. The molecular formula is C14H24O2. The third-order valence-electron chi connectivity index (χ3n) is 3.99. The largest absolute Gasteiger partial charge is 0.481 e. The lowest BCUT2D eigenvalue weighted by Crippen LogP contribution is -2.35. The number of allylic oxidation sites excluding steroid dienone is 2. The summed E-state index contributed by atoms with van der Waals surface area (Å²) in [5, 5.41) is 9.43. The molecule has 0 radical (unpaired) electrons. The molecule has 0 bridgehead atoms. The molecule has 1 rings (SSSR count). The molecule has 16 heavy (non-hydrogen) atoms. The van der Waals surface area contributed by atoms with Gasteiger partial charge in [0.05, 0.1) is 5.41 Å². The van der Waals surface area contributed by atoms with Crippen molar-refractivity contribution in [2.45, 2.75) is 59.3 Å². The van der Waals surface area contributed by atoms with Crippen LogP contribution in [0.5, 0.6) is 0 Å². The molecule has 0 aromatic carbocycles. The number of carboxylic acid groups (broad SMARTS) is 1. The van der Waals surface area contributed by atoms with Gasteiger partial charge in [0.15, 0.2) is 0 Å². The van der Waals surface area contributed by atoms with Crippen LogP contribution in [0.4, 0.5) is 0 Å². The maximum Gasteiger partial charge on any atom is 0.309 e. The molecule has 0 heterocycles. The number of carboxylic acids is 1. The second-order valence-electron chi connectivity index (χ2n) is 5.42. The Morgan fingerprint density at radius 1 is 1.38 bits per heavy atom. The average Bonchev–Trinajstić information content (AvgIpc) is 2.26. The summed E-state index contributed by atoms with van der Waals surface area (Å²) in [6.07, 6.45) is 7.86. The van der Waals surface area contributed by atoms with Crippen LogP contribution in [0.25, 0.3) is 0 Å². The van der Waals surface area contributed by atoms with Crippen molar-refractivity contribution in [3.63, 3.8) is 0 Å². The van der Waals surface area contributed by atoms with Crippen LogP contribution in [-0.2, 0) is 4.79 Å². The highest BCUT2D eigenvalue weighted by Crippen LogP contribution is 2.43. The van der Waals surface area contributed by atoms with Gasteiger partial charge < -0.3 is 5.11 Å². The summed E-state index contributed by atoms with van der Waals surface area (Å²) in [6, 6.07) is 0. The molecule has 0 spiro atoms. The van der Waals surface area contributed by atoms with Crippen molar-refractivity contribution in [2.24, 2.45) is 11.3 Å². The van der Waals surface area contributed by atoms with Crippen molar-refractivity contribution in [3.8, 4) is 0 Å². The summed E-state index contributed by atoms with van der Waals surface area (Å²) in [6.45, 7) is 6.27. The van der Waals surface area contributed by atoms with Crippen molar-refractivity contribution in [3.05, 3.63) is 11.6 Å². The standard InChI is InChI=1S/C14H24O2/c1-4-12-6-9-14(10-7-12,13(15)16)8-5-11(2)3/h5,12H,4,6-10H2,1-3H3,(H,15,16). The zero-order valence-corrected chi connectivity index (χ0v) is 10.8. The van der Waals surface area contributed by atoms with Gasteiger partial charge in [0.1, 0.15) is 0 Å². The van der Waals surface area contributed by atoms with Crippen LogP contribution in [0.3, 0.4) is 0 Å². The maximum absolute atomic E-state index is 11.5. The Labute approximate surface area is 98.7 Å². The second-order valence-corrected chi connectivity index (χ2v) is 5.42. The second kappa shape index (κ2) is 5.51. The quantitative estimate of drug-likeness (QED) is 0.732. The Hall–Kier alpha value is -0.790. The van der Waals surface area contributed by atoms with Crippen LogP contribution in [0, 0.1) is 11.3 Å². The Balaban J connectivity index is 2.69. The fourth-order valence-corrected chi connectivity index (χ4v) is 2.54. The van der Waals surface area contributed by atoms with Crippen LogP contribution in [-0.4, -0.2) is 11.1 Å². The third kappa shape index (κ3) is 3.10. The summed E-state index contributed by atoms with van der Waals surface area (Å²) >= 11 is 0. The minimum atomic E-state index is -0.598. The first kappa shape index (κ1) is 13.3. The van der Waals surface area contributed by atoms with Crippen molar-refractivity contribution in [1.29, 1.82) is 0 Å². The van der Waals surface area contributed by atoms with E-state index in [4.69, 9.17) is 0 Å². The Kier molecular flexibility index (Phi) is 4.57. The van der Waals surface area contributed by atoms with Crippen molar-refractivity contribution < 1.29 is 9.90 Å². The van der Waals surface area contributed by atoms with E-state index < -0.39 is 11.4 Å². The highest BCUT2D eigenvalue weighted by molar-refractivity contribution is 5.75. The zero-order chi connectivity index (χ0) is 12.2. The van der Waals surface area contributed by atoms with E-state index in [0.717, 1.165) is 31.6 Å². The van der Waals surface area contributed by atoms with Gasteiger partial charge in [-0.3, -0.25) is 4.79 Å². The van der Waals surface area contributed by atoms with Gasteiger partial charge in [0.2, 0.25) is 0 Å². The minimum absolute atomic E-state index is 0.469. The van der Waals surface area contributed by atoms with Gasteiger partial charge in [-0.25, -0.2) is 0 Å². The molecule has 0 unspecified atom stereocenters. The number of rotatable bonds is 4. The topological polar surface area (TPSA) is 37.3 Å². The summed E-state index contributed by atoms with van der Waals surface area (Å²) in [4.78, 5) is 11.5. The molecule has 0 aromatic rings. The molecule has 0 aliphatic heterocycles. The molecule has 0 amide bonds. The van der Waals surface area contributed by atoms with E-state index in [9.17, 15) is 9.90 Å². The summed E-state index contributed by atoms with van der Waals surface area (Å²) in [5.74, 6) is 0.152. The van der Waals surface area contributed by atoms with Crippen molar-refractivity contribution >= 4 is 5.97 Å². The highest BCUT2D eigenvalue weighted by Gasteiger charge is 2.40. The SMILES string of the molecule is CCC1CCC(CC=C(C)C)(C(=O)O)CC1. The van der Waals surface area contributed by atoms with Crippen molar-refractivity contribution in [1.82, 2.24) is 0 Å². The van der Waals surface area contributed by atoms with E-state index in [1.165, 1.54) is 12.0 Å². The van der Waals surface area contributed by atoms with Gasteiger partial charge in [0, 0.05) is 0 Å². The third-order valence-corrected chi connectivity index (χ3v) is 3.99. The molecule has 1 aliphatic carbocycles. The van der Waals surface area contributed by atoms with E-state index in [1.807, 2.05) is 13.8 Å². The van der Waals surface area contributed by atoms with Crippen LogP contribution in [0.15, 0.2) is 11.6 Å². The molecule has 2 nitrogen and oxygen atoms in total. The number of carbonyl (C=O) groups is 1. The fraction of sp³-hybridized carbons (Fsp3) is 0.786. The molecule has 0 aromatic heterocycles. The molecule has 0 saturated heterocycles. The van der Waals surface area contributed by atoms with E-state index in [0.29, 0.717) is 6.42 Å². The molecule has 1 fully saturated rings. The van der Waals surface area contributed by atoms with Gasteiger partial charge in [-0.15, -0.1) is 0 Å². The number of hydrogen-bond acceptors (Lipinski definition) is 1. The summed E-state index contributed by atoms with van der Waals surface area (Å²) in [7, 11) is 0. The molecule has 0 atom stereocenters. The first-order valence-corrected chi connectivity index (χ1v) is 6.37. The fourth-order valence-electron chi connectivity index (χ4n) is 2.54. The number of aliphatic carboxylic acids is 1. The molecule has 1 aliphatic rings. The lowest BCUT2D eigenvalue weighted by Gasteiger charge is -2.36. The van der Waals surface area contributed by atoms with Gasteiger partial charge in [-0.05, 0) is 51.9 Å². The lowest BCUT2D eigenvalue weighted by atomic mass is 9.68. The minimum Gasteiger partial charge on any atom is -0.481 e. The van der Waals surface area contributed by atoms with E-state index in [2.05, 4.69) is 13.0 Å². The molecule has 2 heteroatoms. The van der Waals surface area contributed by atoms with E-state index in [1.54, 1.807) is 0 Å². The predicted octanol–water partition coefficient (Wildman–Crippen LogP) is 4.01. The van der Waals surface area contributed by atoms with Crippen LogP contribution in [0.2, 0.25) is 0 Å². The zero-order valence-electron chi connectivity index (χ0n) is 10.8. The maximum atomic E-state index is 11.5. The number of hydrogen-bond donors (Lipinski definition) is 1. The average molecular weight is 224 g/mol. The van der Waals surface area contributed by atoms with Gasteiger partial charge >= 0.3 is 5.97 Å². The first-order valence-electron chi connectivity index (χ1n) is 6.37. The first-order chi connectivity index (χ1) is 7.50.